The second-order valence-electron chi connectivity index (χ2n) is 13.6. The van der Waals surface area contributed by atoms with Gasteiger partial charge in [0, 0.05) is 18.8 Å². The van der Waals surface area contributed by atoms with Crippen molar-refractivity contribution in [3.05, 3.63) is 0 Å². The van der Waals surface area contributed by atoms with Crippen LogP contribution in [0.4, 0.5) is 0 Å². The van der Waals surface area contributed by atoms with Crippen molar-refractivity contribution in [2.24, 2.45) is 34.5 Å². The van der Waals surface area contributed by atoms with Crippen molar-refractivity contribution < 1.29 is 19.1 Å². The van der Waals surface area contributed by atoms with Crippen LogP contribution in [0.2, 0.25) is 0 Å². The van der Waals surface area contributed by atoms with E-state index in [4.69, 9.17) is 9.47 Å². The first-order chi connectivity index (χ1) is 17.7. The lowest BCUT2D eigenvalue weighted by atomic mass is 9.51. The van der Waals surface area contributed by atoms with Crippen LogP contribution in [0.25, 0.3) is 0 Å². The quantitative estimate of drug-likeness (QED) is 0.202. The van der Waals surface area contributed by atoms with Crippen molar-refractivity contribution in [2.45, 2.75) is 156 Å². The van der Waals surface area contributed by atoms with E-state index in [0.717, 1.165) is 32.1 Å². The van der Waals surface area contributed by atoms with Gasteiger partial charge >= 0.3 is 11.9 Å². The van der Waals surface area contributed by atoms with E-state index in [2.05, 4.69) is 27.7 Å². The molecule has 3 saturated carbocycles. The second kappa shape index (κ2) is 14.4. The highest BCUT2D eigenvalue weighted by molar-refractivity contribution is 5.69. The predicted octanol–water partition coefficient (Wildman–Crippen LogP) is 9.04. The molecule has 0 radical (unpaired) electrons. The zero-order chi connectivity index (χ0) is 26.9. The molecule has 0 aromatic heterocycles. The van der Waals surface area contributed by atoms with E-state index < -0.39 is 0 Å². The molecule has 4 nitrogen and oxygen atoms in total. The second-order valence-corrected chi connectivity index (χ2v) is 13.6. The van der Waals surface area contributed by atoms with E-state index >= 15 is 0 Å². The van der Waals surface area contributed by atoms with Crippen LogP contribution in [0.5, 0.6) is 0 Å². The molecule has 3 fully saturated rings. The van der Waals surface area contributed by atoms with Gasteiger partial charge in [-0.25, -0.2) is 0 Å². The molecule has 6 atom stereocenters. The maximum absolute atomic E-state index is 12.6. The summed E-state index contributed by atoms with van der Waals surface area (Å²) < 4.78 is 11.8. The van der Waals surface area contributed by atoms with Gasteiger partial charge in [0.2, 0.25) is 0 Å². The van der Waals surface area contributed by atoms with Gasteiger partial charge in [0.15, 0.2) is 0 Å². The zero-order valence-electron chi connectivity index (χ0n) is 25.0. The molecule has 4 heteroatoms. The third kappa shape index (κ3) is 7.98. The summed E-state index contributed by atoms with van der Waals surface area (Å²) >= 11 is 0. The average molecular weight is 519 g/mol. The molecular weight excluding hydrogens is 460 g/mol. The zero-order valence-corrected chi connectivity index (χ0v) is 25.0. The molecular formula is C33H58O4. The van der Waals surface area contributed by atoms with Crippen molar-refractivity contribution in [3.63, 3.8) is 0 Å². The van der Waals surface area contributed by atoms with Crippen LogP contribution in [0.15, 0.2) is 0 Å². The Morgan fingerprint density at radius 3 is 2.32 bits per heavy atom. The topological polar surface area (TPSA) is 52.6 Å². The number of unbranched alkanes of at least 4 members (excludes halogenated alkanes) is 3. The molecule has 3 rings (SSSR count). The molecule has 3 aliphatic carbocycles. The molecule has 0 spiro atoms. The van der Waals surface area contributed by atoms with Gasteiger partial charge < -0.3 is 9.47 Å². The lowest BCUT2D eigenvalue weighted by Gasteiger charge is -2.55. The van der Waals surface area contributed by atoms with Crippen LogP contribution in [0.1, 0.15) is 150 Å². The predicted molar refractivity (Wildman–Crippen MR) is 151 cm³/mol. The first kappa shape index (κ1) is 30.5. The molecule has 0 aromatic rings. The molecule has 0 amide bonds. The van der Waals surface area contributed by atoms with Gasteiger partial charge in [-0.15, -0.1) is 0 Å². The normalized spacial score (nSPS) is 33.7. The minimum Gasteiger partial charge on any atom is -0.466 e. The van der Waals surface area contributed by atoms with Crippen LogP contribution in [-0.2, 0) is 19.1 Å². The Hall–Kier alpha value is -1.06. The van der Waals surface area contributed by atoms with Gasteiger partial charge in [0.1, 0.15) is 6.10 Å². The Morgan fingerprint density at radius 2 is 1.57 bits per heavy atom. The molecule has 0 heterocycles. The highest BCUT2D eigenvalue weighted by Crippen LogP contribution is 2.64. The number of carbonyl (C=O) groups is 2. The highest BCUT2D eigenvalue weighted by atomic mass is 16.5. The molecule has 0 saturated heterocycles. The van der Waals surface area contributed by atoms with E-state index in [1.54, 1.807) is 0 Å². The number of carbonyl (C=O) groups excluding carboxylic acids is 2. The van der Waals surface area contributed by atoms with E-state index in [0.29, 0.717) is 54.0 Å². The summed E-state index contributed by atoms with van der Waals surface area (Å²) in [6.07, 6.45) is 20.2. The number of hydrogen-bond acceptors (Lipinski definition) is 4. The van der Waals surface area contributed by atoms with E-state index in [1.165, 1.54) is 70.6 Å². The first-order valence-corrected chi connectivity index (χ1v) is 16.1. The number of rotatable bonds is 11. The van der Waals surface area contributed by atoms with Gasteiger partial charge in [-0.2, -0.15) is 0 Å². The number of ether oxygens (including phenoxy) is 2. The molecule has 37 heavy (non-hydrogen) atoms. The Balaban J connectivity index is 1.67. The minimum absolute atomic E-state index is 0.0134. The van der Waals surface area contributed by atoms with Crippen LogP contribution >= 0.6 is 0 Å². The van der Waals surface area contributed by atoms with Crippen molar-refractivity contribution in [1.82, 2.24) is 0 Å². The summed E-state index contributed by atoms with van der Waals surface area (Å²) in [5.41, 5.74) is 0.585. The van der Waals surface area contributed by atoms with Crippen LogP contribution in [0.3, 0.4) is 0 Å². The molecule has 0 N–H and O–H groups in total. The standard InChI is InChI=1S/C33H58O4/c1-6-8-9-14-24-36-30(35)18-15-16-25-19-20-27-31-26(21-23-33(25,27)5)32(3,4)22-13-11-10-12-17-28(31)37-29(34)7-2/h25-28,31H,6-24H2,1-5H3/t25-,26?,27-,28+,31?,33+/m0/s1. The van der Waals surface area contributed by atoms with Gasteiger partial charge in [-0.05, 0) is 92.8 Å². The third-order valence-corrected chi connectivity index (χ3v) is 10.8. The van der Waals surface area contributed by atoms with Crippen LogP contribution in [0, 0.1) is 34.5 Å². The molecule has 214 valence electrons. The number of hydrogen-bond donors (Lipinski definition) is 0. The molecule has 0 bridgehead atoms. The number of fused-ring (bicyclic) bond motifs is 3. The fraction of sp³-hybridized carbons (Fsp3) is 0.939. The van der Waals surface area contributed by atoms with Gasteiger partial charge in [0.25, 0.3) is 0 Å². The maximum Gasteiger partial charge on any atom is 0.305 e. The monoisotopic (exact) mass is 518 g/mol. The minimum atomic E-state index is -0.0198. The van der Waals surface area contributed by atoms with E-state index in [1.807, 2.05) is 6.92 Å². The molecule has 2 unspecified atom stereocenters. The first-order valence-electron chi connectivity index (χ1n) is 16.1. The maximum atomic E-state index is 12.6. The largest absolute Gasteiger partial charge is 0.466 e. The van der Waals surface area contributed by atoms with Gasteiger partial charge in [0.05, 0.1) is 6.61 Å². The summed E-state index contributed by atoms with van der Waals surface area (Å²) in [7, 11) is 0. The Kier molecular flexibility index (Phi) is 11.8. The Labute approximate surface area is 228 Å². The summed E-state index contributed by atoms with van der Waals surface area (Å²) in [5, 5.41) is 0. The van der Waals surface area contributed by atoms with Crippen LogP contribution in [-0.4, -0.2) is 24.6 Å². The summed E-state index contributed by atoms with van der Waals surface area (Å²) in [6.45, 7) is 12.2. The lowest BCUT2D eigenvalue weighted by Crippen LogP contribution is -2.51. The lowest BCUT2D eigenvalue weighted by molar-refractivity contribution is -0.164. The summed E-state index contributed by atoms with van der Waals surface area (Å²) in [4.78, 5) is 24.9. The highest BCUT2D eigenvalue weighted by Gasteiger charge is 2.57. The SMILES string of the molecule is CCCCCCOC(=O)CCC[C@H]1CC[C@H]2C3C(CC[C@]12C)C(C)(C)CCCCCC[C@H]3OC(=O)CC. The van der Waals surface area contributed by atoms with Crippen molar-refractivity contribution in [2.75, 3.05) is 6.61 Å². The fourth-order valence-corrected chi connectivity index (χ4v) is 8.53. The van der Waals surface area contributed by atoms with Gasteiger partial charge in [-0.3, -0.25) is 9.59 Å². The van der Waals surface area contributed by atoms with E-state index in [9.17, 15) is 9.59 Å². The number of esters is 2. The Morgan fingerprint density at radius 1 is 0.784 bits per heavy atom. The van der Waals surface area contributed by atoms with Crippen LogP contribution < -0.4 is 0 Å². The van der Waals surface area contributed by atoms with Crippen molar-refractivity contribution in [1.29, 1.82) is 0 Å². The third-order valence-electron chi connectivity index (χ3n) is 10.8. The smallest absolute Gasteiger partial charge is 0.305 e. The summed E-state index contributed by atoms with van der Waals surface area (Å²) in [5.74, 6) is 2.35. The average Bonchev–Trinajstić information content (AvgIpc) is 3.20. The Bertz CT molecular complexity index is 715. The van der Waals surface area contributed by atoms with E-state index in [-0.39, 0.29) is 18.0 Å². The van der Waals surface area contributed by atoms with Crippen molar-refractivity contribution >= 4 is 11.9 Å². The molecule has 0 aromatic carbocycles. The van der Waals surface area contributed by atoms with Crippen molar-refractivity contribution in [3.8, 4) is 0 Å². The fourth-order valence-electron chi connectivity index (χ4n) is 8.53. The molecule has 3 aliphatic rings. The van der Waals surface area contributed by atoms with Gasteiger partial charge in [-0.1, -0.05) is 73.1 Å². The molecule has 0 aliphatic heterocycles. The summed E-state index contributed by atoms with van der Waals surface area (Å²) in [6, 6.07) is 0.